The Morgan fingerprint density at radius 2 is 1.94 bits per heavy atom. The van der Waals surface area contributed by atoms with Crippen molar-refractivity contribution in [3.63, 3.8) is 0 Å². The molecule has 0 aliphatic rings. The fourth-order valence-electron chi connectivity index (χ4n) is 0.973. The maximum atomic E-state index is 12.4. The van der Waals surface area contributed by atoms with Crippen LogP contribution in [-0.2, 0) is 6.18 Å². The molecule has 0 bridgehead atoms. The number of alkyl halides is 5. The summed E-state index contributed by atoms with van der Waals surface area (Å²) in [7, 11) is 1.08. The van der Waals surface area contributed by atoms with Gasteiger partial charge < -0.3 is 4.74 Å². The Morgan fingerprint density at radius 3 is 2.31 bits per heavy atom. The molecule has 0 aromatic carbocycles. The van der Waals surface area contributed by atoms with E-state index in [-0.39, 0.29) is 5.75 Å². The van der Waals surface area contributed by atoms with Crippen molar-refractivity contribution in [1.82, 2.24) is 4.98 Å². The number of rotatable bonds is 2. The van der Waals surface area contributed by atoms with E-state index in [1.165, 1.54) is 0 Å². The lowest BCUT2D eigenvalue weighted by atomic mass is 10.2. The lowest BCUT2D eigenvalue weighted by molar-refractivity contribution is -0.142. The lowest BCUT2D eigenvalue weighted by Crippen LogP contribution is -2.12. The summed E-state index contributed by atoms with van der Waals surface area (Å²) in [5, 5.41) is 0. The molecule has 1 rings (SSSR count). The Balaban J connectivity index is 3.42. The summed E-state index contributed by atoms with van der Waals surface area (Å²) < 4.78 is 65.9. The maximum absolute atomic E-state index is 12.4. The average Bonchev–Trinajstić information content (AvgIpc) is 2.15. The minimum absolute atomic E-state index is 0.336. The lowest BCUT2D eigenvalue weighted by Gasteiger charge is -2.13. The van der Waals surface area contributed by atoms with E-state index in [4.69, 9.17) is 0 Å². The van der Waals surface area contributed by atoms with Crippen LogP contribution in [0, 0.1) is 0 Å². The van der Waals surface area contributed by atoms with Gasteiger partial charge in [0.2, 0.25) is 0 Å². The Labute approximate surface area is 95.6 Å². The predicted octanol–water partition coefficient (Wildman–Crippen LogP) is 3.81. The smallest absolute Gasteiger partial charge is 0.434 e. The number of pyridine rings is 1. The van der Waals surface area contributed by atoms with Crippen LogP contribution in [-0.4, -0.2) is 12.1 Å². The van der Waals surface area contributed by atoms with Gasteiger partial charge in [-0.1, -0.05) is 0 Å². The summed E-state index contributed by atoms with van der Waals surface area (Å²) in [6, 6.07) is 0.754. The molecule has 0 N–H and O–H groups in total. The van der Waals surface area contributed by atoms with Gasteiger partial charge in [-0.2, -0.15) is 13.2 Å². The molecule has 1 aromatic rings. The molecule has 0 aliphatic carbocycles. The summed E-state index contributed by atoms with van der Waals surface area (Å²) in [4.78, 5) is 2.85. The van der Waals surface area contributed by atoms with Crippen molar-refractivity contribution in [2.24, 2.45) is 0 Å². The number of aromatic nitrogens is 1. The average molecular weight is 306 g/mol. The highest BCUT2D eigenvalue weighted by molar-refractivity contribution is 9.10. The third-order valence-corrected chi connectivity index (χ3v) is 2.42. The first-order valence-corrected chi connectivity index (χ1v) is 4.66. The molecular weight excluding hydrogens is 301 g/mol. The van der Waals surface area contributed by atoms with Gasteiger partial charge >= 0.3 is 6.18 Å². The second kappa shape index (κ2) is 4.52. The van der Waals surface area contributed by atoms with Crippen molar-refractivity contribution in [3.8, 4) is 5.75 Å². The van der Waals surface area contributed by atoms with Crippen LogP contribution >= 0.6 is 15.9 Å². The van der Waals surface area contributed by atoms with Gasteiger partial charge in [0.15, 0.2) is 5.69 Å². The third kappa shape index (κ3) is 2.60. The van der Waals surface area contributed by atoms with Crippen LogP contribution in [0.5, 0.6) is 5.75 Å². The van der Waals surface area contributed by atoms with Crippen molar-refractivity contribution in [1.29, 1.82) is 0 Å². The number of hydrogen-bond acceptors (Lipinski definition) is 2. The zero-order valence-electron chi connectivity index (χ0n) is 7.78. The predicted molar refractivity (Wildman–Crippen MR) is 48.4 cm³/mol. The number of halogens is 6. The van der Waals surface area contributed by atoms with Crippen LogP contribution in [0.15, 0.2) is 10.5 Å². The van der Waals surface area contributed by atoms with E-state index in [0.29, 0.717) is 0 Å². The van der Waals surface area contributed by atoms with E-state index in [1.54, 1.807) is 0 Å². The van der Waals surface area contributed by atoms with E-state index in [0.717, 1.165) is 13.2 Å². The Morgan fingerprint density at radius 1 is 1.38 bits per heavy atom. The number of methoxy groups -OCH3 is 1. The van der Waals surface area contributed by atoms with E-state index in [2.05, 4.69) is 25.7 Å². The molecule has 0 radical (unpaired) electrons. The van der Waals surface area contributed by atoms with E-state index in [9.17, 15) is 22.0 Å². The normalized spacial score (nSPS) is 12.0. The standard InChI is InChI=1S/C8H5BrF5NO/c1-16-4-2-3(7(10)11)15-6(5(4)9)8(12,13)14/h2,7H,1H3. The first-order valence-electron chi connectivity index (χ1n) is 3.87. The second-order valence-electron chi connectivity index (χ2n) is 2.71. The molecule has 0 aliphatic heterocycles. The minimum Gasteiger partial charge on any atom is -0.495 e. The molecule has 0 fully saturated rings. The largest absolute Gasteiger partial charge is 0.495 e. The Bertz CT molecular complexity index is 393. The Hall–Kier alpha value is -0.920. The number of hydrogen-bond donors (Lipinski definition) is 0. The van der Waals surface area contributed by atoms with Crippen molar-refractivity contribution in [2.45, 2.75) is 12.6 Å². The van der Waals surface area contributed by atoms with Gasteiger partial charge in [0.25, 0.3) is 6.43 Å². The molecule has 1 aromatic heterocycles. The molecule has 0 unspecified atom stereocenters. The number of nitrogens with zero attached hydrogens (tertiary/aromatic N) is 1. The zero-order chi connectivity index (χ0) is 12.5. The van der Waals surface area contributed by atoms with Crippen LogP contribution in [0.25, 0.3) is 0 Å². The molecule has 0 saturated heterocycles. The van der Waals surface area contributed by atoms with Gasteiger partial charge in [-0.3, -0.25) is 0 Å². The van der Waals surface area contributed by atoms with Gasteiger partial charge in [0.1, 0.15) is 11.4 Å². The summed E-state index contributed by atoms with van der Waals surface area (Å²) in [6.07, 6.45) is -7.92. The van der Waals surface area contributed by atoms with Crippen molar-refractivity contribution in [2.75, 3.05) is 7.11 Å². The monoisotopic (exact) mass is 305 g/mol. The molecule has 0 amide bonds. The molecule has 0 spiro atoms. The molecule has 0 saturated carbocycles. The quantitative estimate of drug-likeness (QED) is 0.775. The topological polar surface area (TPSA) is 22.1 Å². The van der Waals surface area contributed by atoms with Crippen LogP contribution in [0.1, 0.15) is 17.8 Å². The SMILES string of the molecule is COc1cc(C(F)F)nc(C(F)(F)F)c1Br. The van der Waals surface area contributed by atoms with Crippen LogP contribution in [0.3, 0.4) is 0 Å². The summed E-state index contributed by atoms with van der Waals surface area (Å²) in [6.45, 7) is 0. The molecule has 0 atom stereocenters. The van der Waals surface area contributed by atoms with E-state index in [1.807, 2.05) is 0 Å². The van der Waals surface area contributed by atoms with E-state index >= 15 is 0 Å². The highest BCUT2D eigenvalue weighted by Crippen LogP contribution is 2.39. The molecule has 8 heteroatoms. The summed E-state index contributed by atoms with van der Waals surface area (Å²) in [5.41, 5.74) is -2.41. The van der Waals surface area contributed by atoms with Gasteiger partial charge in [-0.05, 0) is 15.9 Å². The second-order valence-corrected chi connectivity index (χ2v) is 3.50. The highest BCUT2D eigenvalue weighted by atomic mass is 79.9. The third-order valence-electron chi connectivity index (χ3n) is 1.66. The van der Waals surface area contributed by atoms with Gasteiger partial charge in [-0.15, -0.1) is 0 Å². The fraction of sp³-hybridized carbons (Fsp3) is 0.375. The highest BCUT2D eigenvalue weighted by Gasteiger charge is 2.37. The molecule has 16 heavy (non-hydrogen) atoms. The maximum Gasteiger partial charge on any atom is 0.434 e. The number of ether oxygens (including phenoxy) is 1. The fourth-order valence-corrected chi connectivity index (χ4v) is 1.56. The Kier molecular flexibility index (Phi) is 3.72. The van der Waals surface area contributed by atoms with E-state index < -0.39 is 28.5 Å². The molecule has 2 nitrogen and oxygen atoms in total. The first-order chi connectivity index (χ1) is 7.27. The van der Waals surface area contributed by atoms with Gasteiger partial charge in [-0.25, -0.2) is 13.8 Å². The van der Waals surface area contributed by atoms with Crippen molar-refractivity contribution >= 4 is 15.9 Å². The van der Waals surface area contributed by atoms with Gasteiger partial charge in [0, 0.05) is 6.07 Å². The zero-order valence-corrected chi connectivity index (χ0v) is 9.36. The van der Waals surface area contributed by atoms with Gasteiger partial charge in [0.05, 0.1) is 11.6 Å². The summed E-state index contributed by atoms with van der Waals surface area (Å²) in [5.74, 6) is -0.336. The van der Waals surface area contributed by atoms with Crippen LogP contribution in [0.2, 0.25) is 0 Å². The molecular formula is C8H5BrF5NO. The van der Waals surface area contributed by atoms with Crippen molar-refractivity contribution < 1.29 is 26.7 Å². The molecule has 90 valence electrons. The first kappa shape index (κ1) is 13.1. The van der Waals surface area contributed by atoms with Crippen molar-refractivity contribution in [3.05, 3.63) is 21.9 Å². The minimum atomic E-state index is -4.82. The molecule has 1 heterocycles. The van der Waals surface area contributed by atoms with Crippen LogP contribution in [0.4, 0.5) is 22.0 Å². The van der Waals surface area contributed by atoms with Crippen LogP contribution < -0.4 is 4.74 Å². The summed E-state index contributed by atoms with van der Waals surface area (Å²) >= 11 is 2.61.